The van der Waals surface area contributed by atoms with E-state index in [-0.39, 0.29) is 18.6 Å². The van der Waals surface area contributed by atoms with E-state index < -0.39 is 60.2 Å². The summed E-state index contributed by atoms with van der Waals surface area (Å²) in [7, 11) is 1.68. The monoisotopic (exact) mass is 507 g/mol. The predicted octanol–water partition coefficient (Wildman–Crippen LogP) is 1.29. The maximum Gasteiger partial charge on any atom is 0.248 e. The van der Waals surface area contributed by atoms with Crippen molar-refractivity contribution in [3.8, 4) is 0 Å². The van der Waals surface area contributed by atoms with Crippen LogP contribution in [0.3, 0.4) is 0 Å². The van der Waals surface area contributed by atoms with Gasteiger partial charge in [-0.3, -0.25) is 4.79 Å². The Bertz CT molecular complexity index is 929. The number of likely N-dealkylation sites (N-methyl/N-ethyl adjacent to an activating group) is 1. The third-order valence-electron chi connectivity index (χ3n) is 8.25. The molecule has 5 N–H and O–H groups in total. The largest absolute Gasteiger partial charge is 0.391 e. The highest BCUT2D eigenvalue weighted by Gasteiger charge is 2.68. The van der Waals surface area contributed by atoms with Gasteiger partial charge in [0.05, 0.1) is 24.4 Å². The Morgan fingerprint density at radius 3 is 2.56 bits per heavy atom. The fourth-order valence-corrected chi connectivity index (χ4v) is 6.22. The second kappa shape index (κ2) is 10.7. The van der Waals surface area contributed by atoms with E-state index in [0.29, 0.717) is 31.2 Å². The van der Waals surface area contributed by atoms with Crippen molar-refractivity contribution in [1.82, 2.24) is 5.32 Å². The molecule has 36 heavy (non-hydrogen) atoms. The van der Waals surface area contributed by atoms with Gasteiger partial charge in [0.15, 0.2) is 5.78 Å². The Labute approximate surface area is 212 Å². The maximum atomic E-state index is 12.1. The number of nitrogens with one attached hydrogen (secondary N) is 1. The van der Waals surface area contributed by atoms with Crippen molar-refractivity contribution in [3.63, 3.8) is 0 Å². The molecule has 3 unspecified atom stereocenters. The molecular weight excluding hydrogens is 466 g/mol. The molecule has 9 nitrogen and oxygen atoms in total. The number of aliphatic hydroxyl groups excluding tert-OH is 2. The molecule has 0 aromatic heterocycles. The van der Waals surface area contributed by atoms with Gasteiger partial charge in [0.25, 0.3) is 0 Å². The smallest absolute Gasteiger partial charge is 0.248 e. The van der Waals surface area contributed by atoms with Gasteiger partial charge < -0.3 is 40.0 Å². The van der Waals surface area contributed by atoms with E-state index in [1.54, 1.807) is 20.0 Å². The summed E-state index contributed by atoms with van der Waals surface area (Å²) < 4.78 is 18.2. The molecule has 1 aliphatic carbocycles. The number of benzene rings is 1. The lowest BCUT2D eigenvalue weighted by Crippen LogP contribution is -2.78. The summed E-state index contributed by atoms with van der Waals surface area (Å²) >= 11 is 0. The van der Waals surface area contributed by atoms with Gasteiger partial charge in [-0.1, -0.05) is 32.0 Å². The molecule has 4 rings (SSSR count). The van der Waals surface area contributed by atoms with E-state index in [9.17, 15) is 25.2 Å². The fraction of sp³-hybridized carbons (Fsp3) is 0.741. The first-order chi connectivity index (χ1) is 17.1. The standard InChI is InChI=1S/C27H41NO8/c1-5-18-21(30)20(28-4)23-24(22(18)31)35-25-27(33,36-23)26(32,14-15(3)34-25)12-8-10-16-9-7-11-17(13-16)19(29)6-2/h7,9,11,13,15,18,20-25,28,30-33H,5-6,8,10,12,14H2,1-4H3/t15-,18-,20+,21+,22+,23?,24?,25?,26+,27-/m1/s1. The molecule has 9 heteroatoms. The van der Waals surface area contributed by atoms with E-state index in [1.165, 1.54) is 0 Å². The van der Waals surface area contributed by atoms with E-state index in [1.807, 2.05) is 32.0 Å². The van der Waals surface area contributed by atoms with Crippen LogP contribution in [0.4, 0.5) is 0 Å². The van der Waals surface area contributed by atoms with Crippen LogP contribution in [0.1, 0.15) is 68.8 Å². The summed E-state index contributed by atoms with van der Waals surface area (Å²) in [6, 6.07) is 6.85. The van der Waals surface area contributed by atoms with Crippen molar-refractivity contribution in [2.45, 2.75) is 114 Å². The zero-order valence-electron chi connectivity index (χ0n) is 21.6. The Morgan fingerprint density at radius 2 is 1.89 bits per heavy atom. The number of rotatable bonds is 8. The Hall–Kier alpha value is -1.43. The maximum absolute atomic E-state index is 12.1. The molecule has 0 spiro atoms. The van der Waals surface area contributed by atoms with Crippen LogP contribution in [-0.2, 0) is 20.6 Å². The summed E-state index contributed by atoms with van der Waals surface area (Å²) in [5.74, 6) is -2.54. The van der Waals surface area contributed by atoms with Gasteiger partial charge >= 0.3 is 0 Å². The second-order valence-electron chi connectivity index (χ2n) is 10.6. The average Bonchev–Trinajstić information content (AvgIpc) is 2.84. The number of carbonyl (C=O) groups is 1. The van der Waals surface area contributed by atoms with Crippen molar-refractivity contribution < 1.29 is 39.4 Å². The van der Waals surface area contributed by atoms with Crippen LogP contribution in [0.5, 0.6) is 0 Å². The molecular formula is C27H41NO8. The molecule has 3 fully saturated rings. The molecule has 0 amide bonds. The number of fused-ring (bicyclic) bond motifs is 2. The molecule has 1 saturated carbocycles. The van der Waals surface area contributed by atoms with Gasteiger partial charge in [-0.15, -0.1) is 0 Å². The number of hydrogen-bond donors (Lipinski definition) is 5. The number of ketones is 1. The Balaban J connectivity index is 1.54. The first kappa shape index (κ1) is 27.6. The predicted molar refractivity (Wildman–Crippen MR) is 131 cm³/mol. The molecule has 0 radical (unpaired) electrons. The molecule has 2 heterocycles. The lowest BCUT2D eigenvalue weighted by Gasteiger charge is -2.60. The van der Waals surface area contributed by atoms with Crippen molar-refractivity contribution in [1.29, 1.82) is 0 Å². The minimum atomic E-state index is -2.19. The van der Waals surface area contributed by atoms with Crippen LogP contribution < -0.4 is 5.32 Å². The van der Waals surface area contributed by atoms with Gasteiger partial charge in [0.2, 0.25) is 12.1 Å². The summed E-state index contributed by atoms with van der Waals surface area (Å²) in [6.45, 7) is 5.51. The van der Waals surface area contributed by atoms with E-state index in [4.69, 9.17) is 14.2 Å². The van der Waals surface area contributed by atoms with Gasteiger partial charge in [-0.2, -0.15) is 0 Å². The number of hydrogen-bond acceptors (Lipinski definition) is 9. The van der Waals surface area contributed by atoms with E-state index >= 15 is 0 Å². The van der Waals surface area contributed by atoms with Gasteiger partial charge in [-0.25, -0.2) is 0 Å². The summed E-state index contributed by atoms with van der Waals surface area (Å²) in [5, 5.41) is 48.4. The zero-order chi connectivity index (χ0) is 26.3. The normalized spacial score (nSPS) is 42.4. The minimum absolute atomic E-state index is 0.0782. The van der Waals surface area contributed by atoms with E-state index in [2.05, 4.69) is 5.32 Å². The fourth-order valence-electron chi connectivity index (χ4n) is 6.22. The van der Waals surface area contributed by atoms with E-state index in [0.717, 1.165) is 5.56 Å². The summed E-state index contributed by atoms with van der Waals surface area (Å²) in [4.78, 5) is 12.1. The Kier molecular flexibility index (Phi) is 8.24. The topological polar surface area (TPSA) is 138 Å². The summed E-state index contributed by atoms with van der Waals surface area (Å²) in [6.07, 6.45) is -2.96. The Morgan fingerprint density at radius 1 is 1.14 bits per heavy atom. The average molecular weight is 508 g/mol. The van der Waals surface area contributed by atoms with Gasteiger partial charge in [-0.05, 0) is 51.3 Å². The molecule has 1 aromatic rings. The summed E-state index contributed by atoms with van der Waals surface area (Å²) in [5.41, 5.74) is -0.0469. The van der Waals surface area contributed by atoms with Crippen molar-refractivity contribution in [3.05, 3.63) is 35.4 Å². The molecule has 3 aliphatic rings. The lowest BCUT2D eigenvalue weighted by molar-refractivity contribution is -0.485. The van der Waals surface area contributed by atoms with Crippen LogP contribution in [0, 0.1) is 5.92 Å². The molecule has 1 aromatic carbocycles. The van der Waals surface area contributed by atoms with Crippen molar-refractivity contribution in [2.75, 3.05) is 7.05 Å². The molecule has 2 aliphatic heterocycles. The highest BCUT2D eigenvalue weighted by molar-refractivity contribution is 5.95. The third kappa shape index (κ3) is 4.76. The quantitative estimate of drug-likeness (QED) is 0.330. The van der Waals surface area contributed by atoms with Crippen LogP contribution in [0.15, 0.2) is 24.3 Å². The number of ether oxygens (including phenoxy) is 3. The number of aryl methyl sites for hydroxylation is 1. The van der Waals surface area contributed by atoms with Crippen LogP contribution in [-0.4, -0.2) is 87.5 Å². The van der Waals surface area contributed by atoms with Crippen LogP contribution >= 0.6 is 0 Å². The van der Waals surface area contributed by atoms with Gasteiger partial charge in [0, 0.05) is 24.3 Å². The zero-order valence-corrected chi connectivity index (χ0v) is 21.6. The van der Waals surface area contributed by atoms with Gasteiger partial charge in [0.1, 0.15) is 17.8 Å². The minimum Gasteiger partial charge on any atom is -0.391 e. The van der Waals surface area contributed by atoms with Crippen LogP contribution in [0.25, 0.3) is 0 Å². The first-order valence-corrected chi connectivity index (χ1v) is 13.2. The van der Waals surface area contributed by atoms with Crippen molar-refractivity contribution in [2.24, 2.45) is 5.92 Å². The number of carbonyl (C=O) groups excluding carboxylic acids is 1. The second-order valence-corrected chi connectivity index (χ2v) is 10.6. The molecule has 10 atom stereocenters. The molecule has 2 saturated heterocycles. The third-order valence-corrected chi connectivity index (χ3v) is 8.25. The van der Waals surface area contributed by atoms with Crippen LogP contribution in [0.2, 0.25) is 0 Å². The SMILES string of the molecule is CCC(=O)c1cccc(CCC[C@]2(O)C[C@@H](C)OC3OC4C(O[C@]32O)[C@@H](NC)[C@@H](O)[C@@H](CC)[C@@H]4O)c1. The lowest BCUT2D eigenvalue weighted by atomic mass is 9.73. The molecule has 0 bridgehead atoms. The number of Topliss-reactive ketones (excluding diaryl/α,β-unsaturated/α-hetero) is 1. The first-order valence-electron chi connectivity index (χ1n) is 13.2. The van der Waals surface area contributed by atoms with Crippen molar-refractivity contribution >= 4 is 5.78 Å². The highest BCUT2D eigenvalue weighted by atomic mass is 16.8. The molecule has 202 valence electrons. The number of aliphatic hydroxyl groups is 4. The highest BCUT2D eigenvalue weighted by Crippen LogP contribution is 2.49.